The van der Waals surface area contributed by atoms with Crippen molar-refractivity contribution in [3.8, 4) is 0 Å². The second kappa shape index (κ2) is 8.61. The predicted octanol–water partition coefficient (Wildman–Crippen LogP) is 2.19. The molecule has 1 aromatic rings. The number of carbonyl (C=O) groups is 1. The number of halogens is 1. The van der Waals surface area contributed by atoms with E-state index >= 15 is 0 Å². The lowest BCUT2D eigenvalue weighted by atomic mass is 10.2. The van der Waals surface area contributed by atoms with E-state index in [9.17, 15) is 14.9 Å². The summed E-state index contributed by atoms with van der Waals surface area (Å²) in [5, 5.41) is 11.3. The summed E-state index contributed by atoms with van der Waals surface area (Å²) in [5.41, 5.74) is 0.810. The number of piperazine rings is 1. The van der Waals surface area contributed by atoms with Gasteiger partial charge in [0, 0.05) is 48.9 Å². The number of amides is 1. The smallest absolute Gasteiger partial charge is 0.293 e. The summed E-state index contributed by atoms with van der Waals surface area (Å²) in [4.78, 5) is 29.1. The Morgan fingerprint density at radius 1 is 1.25 bits per heavy atom. The molecule has 1 fully saturated rings. The number of anilines is 1. The zero-order chi connectivity index (χ0) is 17.7. The van der Waals surface area contributed by atoms with Crippen molar-refractivity contribution in [1.29, 1.82) is 0 Å². The predicted molar refractivity (Wildman–Crippen MR) is 102 cm³/mol. The highest BCUT2D eigenvalue weighted by molar-refractivity contribution is 14.1. The van der Waals surface area contributed by atoms with Crippen LogP contribution in [-0.2, 0) is 4.79 Å². The Labute approximate surface area is 155 Å². The van der Waals surface area contributed by atoms with Gasteiger partial charge in [0.2, 0.25) is 5.91 Å². The Kier molecular flexibility index (Phi) is 6.79. The van der Waals surface area contributed by atoms with Gasteiger partial charge in [-0.25, -0.2) is 0 Å². The van der Waals surface area contributed by atoms with E-state index in [1.165, 1.54) is 0 Å². The van der Waals surface area contributed by atoms with Gasteiger partial charge >= 0.3 is 0 Å². The van der Waals surface area contributed by atoms with Crippen LogP contribution in [0.4, 0.5) is 11.4 Å². The first kappa shape index (κ1) is 18.9. The molecule has 0 atom stereocenters. The van der Waals surface area contributed by atoms with Crippen LogP contribution in [0.25, 0.3) is 0 Å². The molecule has 0 radical (unpaired) electrons. The van der Waals surface area contributed by atoms with Crippen molar-refractivity contribution in [2.24, 2.45) is 0 Å². The topological polar surface area (TPSA) is 69.9 Å². The minimum atomic E-state index is -0.326. The van der Waals surface area contributed by atoms with E-state index in [1.807, 2.05) is 35.8 Å². The van der Waals surface area contributed by atoms with Gasteiger partial charge in [0.15, 0.2) is 0 Å². The second-order valence-corrected chi connectivity index (χ2v) is 6.97. The number of likely N-dealkylation sites (N-methyl/N-ethyl adjacent to an activating group) is 1. The van der Waals surface area contributed by atoms with E-state index in [2.05, 4.69) is 27.5 Å². The quantitative estimate of drug-likeness (QED) is 0.381. The Morgan fingerprint density at radius 3 is 2.42 bits per heavy atom. The van der Waals surface area contributed by atoms with E-state index in [0.29, 0.717) is 25.3 Å². The first-order valence-corrected chi connectivity index (χ1v) is 9.23. The average Bonchev–Trinajstić information content (AvgIpc) is 2.56. The van der Waals surface area contributed by atoms with Gasteiger partial charge in [-0.3, -0.25) is 19.8 Å². The fraction of sp³-hybridized carbons (Fsp3) is 0.562. The number of nitro groups is 1. The molecule has 7 nitrogen and oxygen atoms in total. The van der Waals surface area contributed by atoms with Crippen LogP contribution in [-0.4, -0.2) is 66.4 Å². The van der Waals surface area contributed by atoms with Gasteiger partial charge in [-0.2, -0.15) is 0 Å². The average molecular weight is 446 g/mol. The number of benzene rings is 1. The Bertz CT molecular complexity index is 599. The number of hydrogen-bond donors (Lipinski definition) is 0. The summed E-state index contributed by atoms with van der Waals surface area (Å²) >= 11 is 2.08. The first-order chi connectivity index (χ1) is 11.5. The molecular formula is C16H23IN4O3. The molecule has 1 heterocycles. The van der Waals surface area contributed by atoms with Crippen molar-refractivity contribution in [1.82, 2.24) is 9.80 Å². The molecule has 2 rings (SSSR count). The van der Waals surface area contributed by atoms with Crippen molar-refractivity contribution in [2.75, 3.05) is 50.7 Å². The van der Waals surface area contributed by atoms with Crippen molar-refractivity contribution in [3.05, 3.63) is 31.9 Å². The van der Waals surface area contributed by atoms with Crippen LogP contribution in [0.5, 0.6) is 0 Å². The lowest BCUT2D eigenvalue weighted by Crippen LogP contribution is -2.50. The molecule has 24 heavy (non-hydrogen) atoms. The highest BCUT2D eigenvalue weighted by Gasteiger charge is 2.25. The number of nitrogens with zero attached hydrogens (tertiary/aromatic N) is 4. The molecule has 8 heteroatoms. The lowest BCUT2D eigenvalue weighted by Gasteiger charge is -2.36. The highest BCUT2D eigenvalue weighted by atomic mass is 127. The largest absolute Gasteiger partial charge is 0.363 e. The summed E-state index contributed by atoms with van der Waals surface area (Å²) in [6.07, 6.45) is 0. The molecule has 0 unspecified atom stereocenters. The number of hydrogen-bond acceptors (Lipinski definition) is 5. The standard InChI is InChI=1S/C16H23IN4O3/c1-3-19(4-2)16(22)12-18-7-9-20(10-8-18)14-6-5-13(17)11-15(14)21(23)24/h5-6,11H,3-4,7-10,12H2,1-2H3. The van der Waals surface area contributed by atoms with Gasteiger partial charge in [-0.05, 0) is 48.6 Å². The molecule has 1 aliphatic heterocycles. The van der Waals surface area contributed by atoms with Gasteiger partial charge in [-0.1, -0.05) is 0 Å². The monoisotopic (exact) mass is 446 g/mol. The van der Waals surface area contributed by atoms with Gasteiger partial charge < -0.3 is 9.80 Å². The molecule has 132 valence electrons. The molecule has 1 aliphatic rings. The molecule has 0 aromatic heterocycles. The normalized spacial score (nSPS) is 15.4. The zero-order valence-corrected chi connectivity index (χ0v) is 16.2. The van der Waals surface area contributed by atoms with Crippen LogP contribution in [0.15, 0.2) is 18.2 Å². The SMILES string of the molecule is CCN(CC)C(=O)CN1CCN(c2ccc(I)cc2[N+](=O)[O-])CC1. The third kappa shape index (κ3) is 4.56. The third-order valence-corrected chi connectivity index (χ3v) is 4.99. The highest BCUT2D eigenvalue weighted by Crippen LogP contribution is 2.30. The van der Waals surface area contributed by atoms with E-state index < -0.39 is 0 Å². The molecule has 0 N–H and O–H groups in total. The van der Waals surface area contributed by atoms with Crippen molar-refractivity contribution in [2.45, 2.75) is 13.8 Å². The summed E-state index contributed by atoms with van der Waals surface area (Å²) in [7, 11) is 0. The summed E-state index contributed by atoms with van der Waals surface area (Å²) in [6, 6.07) is 5.31. The van der Waals surface area contributed by atoms with Crippen molar-refractivity contribution < 1.29 is 9.72 Å². The Hall–Kier alpha value is -1.42. The first-order valence-electron chi connectivity index (χ1n) is 8.15. The number of rotatable bonds is 6. The number of carbonyl (C=O) groups excluding carboxylic acids is 1. The summed E-state index contributed by atoms with van der Waals surface area (Å²) < 4.78 is 0.853. The third-order valence-electron chi connectivity index (χ3n) is 4.32. The van der Waals surface area contributed by atoms with Crippen molar-refractivity contribution in [3.63, 3.8) is 0 Å². The van der Waals surface area contributed by atoms with Crippen LogP contribution >= 0.6 is 22.6 Å². The summed E-state index contributed by atoms with van der Waals surface area (Å²) in [5.74, 6) is 0.147. The van der Waals surface area contributed by atoms with Crippen LogP contribution in [0.3, 0.4) is 0 Å². The van der Waals surface area contributed by atoms with Crippen LogP contribution in [0.2, 0.25) is 0 Å². The zero-order valence-electron chi connectivity index (χ0n) is 14.1. The van der Waals surface area contributed by atoms with E-state index in [0.717, 1.165) is 29.7 Å². The van der Waals surface area contributed by atoms with Crippen LogP contribution in [0.1, 0.15) is 13.8 Å². The number of nitro benzene ring substituents is 1. The lowest BCUT2D eigenvalue weighted by molar-refractivity contribution is -0.384. The molecule has 0 spiro atoms. The minimum absolute atomic E-state index is 0.147. The Balaban J connectivity index is 1.98. The minimum Gasteiger partial charge on any atom is -0.363 e. The molecule has 1 saturated heterocycles. The molecule has 0 bridgehead atoms. The van der Waals surface area contributed by atoms with Crippen molar-refractivity contribution >= 4 is 39.9 Å². The van der Waals surface area contributed by atoms with E-state index in [-0.39, 0.29) is 16.5 Å². The maximum atomic E-state index is 12.2. The molecule has 0 saturated carbocycles. The van der Waals surface area contributed by atoms with E-state index in [4.69, 9.17) is 0 Å². The second-order valence-electron chi connectivity index (χ2n) is 5.72. The Morgan fingerprint density at radius 2 is 1.88 bits per heavy atom. The summed E-state index contributed by atoms with van der Waals surface area (Å²) in [6.45, 7) is 8.68. The van der Waals surface area contributed by atoms with E-state index in [1.54, 1.807) is 6.07 Å². The maximum Gasteiger partial charge on any atom is 0.293 e. The molecule has 1 amide bonds. The van der Waals surface area contributed by atoms with Gasteiger partial charge in [-0.15, -0.1) is 0 Å². The van der Waals surface area contributed by atoms with Gasteiger partial charge in [0.1, 0.15) is 5.69 Å². The molecular weight excluding hydrogens is 423 g/mol. The van der Waals surface area contributed by atoms with Crippen LogP contribution in [0, 0.1) is 13.7 Å². The fourth-order valence-corrected chi connectivity index (χ4v) is 3.40. The maximum absolute atomic E-state index is 12.2. The molecule has 0 aliphatic carbocycles. The van der Waals surface area contributed by atoms with Crippen LogP contribution < -0.4 is 4.90 Å². The van der Waals surface area contributed by atoms with Gasteiger partial charge in [0.05, 0.1) is 11.5 Å². The fourth-order valence-electron chi connectivity index (χ4n) is 2.92. The van der Waals surface area contributed by atoms with Gasteiger partial charge in [0.25, 0.3) is 5.69 Å². The molecule has 1 aromatic carbocycles.